The molecule has 2 heterocycles. The Morgan fingerprint density at radius 2 is 1.87 bits per heavy atom. The van der Waals surface area contributed by atoms with Gasteiger partial charge in [-0.3, -0.25) is 4.79 Å². The van der Waals surface area contributed by atoms with Gasteiger partial charge in [-0.25, -0.2) is 9.67 Å². The fraction of sp³-hybridized carbons (Fsp3) is 0.318. The van der Waals surface area contributed by atoms with Crippen LogP contribution in [0.5, 0.6) is 0 Å². The standard InChI is InChI=1S/C22H23F3N4O/c1-5-16-8-6-7-13(2)21(16)27-20(30)11-18-14(3)28-29(15(18)4)19-10-9-17(12-26-19)22(23,24)25/h6-10,12H,5,11H2,1-4H3,(H,27,30). The minimum Gasteiger partial charge on any atom is -0.325 e. The number of aryl methyl sites for hydroxylation is 3. The molecule has 3 aromatic rings. The zero-order valence-corrected chi connectivity index (χ0v) is 17.3. The first-order chi connectivity index (χ1) is 14.1. The number of hydrogen-bond acceptors (Lipinski definition) is 3. The van der Waals surface area contributed by atoms with E-state index in [1.165, 1.54) is 10.7 Å². The first-order valence-corrected chi connectivity index (χ1v) is 9.58. The van der Waals surface area contributed by atoms with Crippen molar-refractivity contribution in [3.05, 3.63) is 70.2 Å². The molecule has 0 saturated heterocycles. The Kier molecular flexibility index (Phi) is 5.96. The van der Waals surface area contributed by atoms with Crippen molar-refractivity contribution in [1.82, 2.24) is 14.8 Å². The molecule has 1 aromatic carbocycles. The number of carbonyl (C=O) groups excluding carboxylic acids is 1. The van der Waals surface area contributed by atoms with E-state index < -0.39 is 11.7 Å². The molecule has 0 fully saturated rings. The van der Waals surface area contributed by atoms with E-state index in [-0.39, 0.29) is 18.1 Å². The minimum atomic E-state index is -4.45. The van der Waals surface area contributed by atoms with Crippen LogP contribution < -0.4 is 5.32 Å². The zero-order chi connectivity index (χ0) is 22.1. The van der Waals surface area contributed by atoms with Crippen molar-refractivity contribution >= 4 is 11.6 Å². The van der Waals surface area contributed by atoms with Crippen molar-refractivity contribution in [1.29, 1.82) is 0 Å². The van der Waals surface area contributed by atoms with Crippen LogP contribution >= 0.6 is 0 Å². The van der Waals surface area contributed by atoms with Gasteiger partial charge in [0.1, 0.15) is 0 Å². The number of para-hydroxylation sites is 1. The number of rotatable bonds is 5. The lowest BCUT2D eigenvalue weighted by molar-refractivity contribution is -0.137. The Morgan fingerprint density at radius 1 is 1.13 bits per heavy atom. The van der Waals surface area contributed by atoms with Gasteiger partial charge >= 0.3 is 6.18 Å². The van der Waals surface area contributed by atoms with Crippen molar-refractivity contribution < 1.29 is 18.0 Å². The smallest absolute Gasteiger partial charge is 0.325 e. The molecule has 158 valence electrons. The molecule has 0 atom stereocenters. The Morgan fingerprint density at radius 3 is 2.47 bits per heavy atom. The summed E-state index contributed by atoms with van der Waals surface area (Å²) in [5.74, 6) is 0.0903. The van der Waals surface area contributed by atoms with Crippen LogP contribution in [-0.4, -0.2) is 20.7 Å². The number of carbonyl (C=O) groups is 1. The number of alkyl halides is 3. The SMILES string of the molecule is CCc1cccc(C)c1NC(=O)Cc1c(C)nn(-c2ccc(C(F)(F)F)cn2)c1C. The van der Waals surface area contributed by atoms with Gasteiger partial charge < -0.3 is 5.32 Å². The van der Waals surface area contributed by atoms with Crippen LogP contribution in [0.25, 0.3) is 5.82 Å². The molecule has 8 heteroatoms. The average Bonchev–Trinajstić information content (AvgIpc) is 2.97. The maximum Gasteiger partial charge on any atom is 0.417 e. The molecule has 0 radical (unpaired) electrons. The summed E-state index contributed by atoms with van der Waals surface area (Å²) in [5.41, 5.74) is 4.05. The quantitative estimate of drug-likeness (QED) is 0.640. The molecule has 1 amide bonds. The highest BCUT2D eigenvalue weighted by molar-refractivity contribution is 5.94. The Bertz CT molecular complexity index is 1070. The molecule has 5 nitrogen and oxygen atoms in total. The third-order valence-corrected chi connectivity index (χ3v) is 5.08. The number of nitrogens with one attached hydrogen (secondary N) is 1. The summed E-state index contributed by atoms with van der Waals surface area (Å²) in [6.07, 6.45) is -2.76. The van der Waals surface area contributed by atoms with Crippen LogP contribution in [0.4, 0.5) is 18.9 Å². The lowest BCUT2D eigenvalue weighted by Crippen LogP contribution is -2.17. The van der Waals surface area contributed by atoms with Crippen LogP contribution in [0.3, 0.4) is 0 Å². The van der Waals surface area contributed by atoms with Gasteiger partial charge in [0.15, 0.2) is 5.82 Å². The van der Waals surface area contributed by atoms with E-state index in [0.29, 0.717) is 11.4 Å². The molecule has 0 spiro atoms. The molecular weight excluding hydrogens is 393 g/mol. The second kappa shape index (κ2) is 8.30. The molecule has 0 aliphatic heterocycles. The van der Waals surface area contributed by atoms with Gasteiger partial charge in [-0.1, -0.05) is 25.1 Å². The van der Waals surface area contributed by atoms with Crippen molar-refractivity contribution in [2.45, 2.75) is 46.7 Å². The predicted molar refractivity (Wildman–Crippen MR) is 109 cm³/mol. The highest BCUT2D eigenvalue weighted by atomic mass is 19.4. The maximum atomic E-state index is 12.8. The summed E-state index contributed by atoms with van der Waals surface area (Å²) < 4.78 is 39.8. The topological polar surface area (TPSA) is 59.8 Å². The molecule has 3 rings (SSSR count). The largest absolute Gasteiger partial charge is 0.417 e. The number of halogens is 3. The maximum absolute atomic E-state index is 12.8. The summed E-state index contributed by atoms with van der Waals surface area (Å²) in [6, 6.07) is 8.12. The summed E-state index contributed by atoms with van der Waals surface area (Å²) in [6.45, 7) is 7.51. The van der Waals surface area contributed by atoms with Crippen molar-refractivity contribution in [2.75, 3.05) is 5.32 Å². The Hall–Kier alpha value is -3.16. The van der Waals surface area contributed by atoms with Crippen molar-refractivity contribution in [3.8, 4) is 5.82 Å². The predicted octanol–water partition coefficient (Wildman–Crippen LogP) is 4.95. The number of amides is 1. The number of aromatic nitrogens is 3. The normalized spacial score (nSPS) is 11.6. The molecule has 0 aliphatic carbocycles. The fourth-order valence-electron chi connectivity index (χ4n) is 3.38. The lowest BCUT2D eigenvalue weighted by atomic mass is 10.0. The van der Waals surface area contributed by atoms with Crippen LogP contribution in [0, 0.1) is 20.8 Å². The van der Waals surface area contributed by atoms with Crippen LogP contribution in [0.15, 0.2) is 36.5 Å². The van der Waals surface area contributed by atoms with Gasteiger partial charge in [-0.2, -0.15) is 18.3 Å². The molecule has 0 aliphatic rings. The van der Waals surface area contributed by atoms with E-state index >= 15 is 0 Å². The summed E-state index contributed by atoms with van der Waals surface area (Å²) >= 11 is 0. The summed E-state index contributed by atoms with van der Waals surface area (Å²) in [7, 11) is 0. The minimum absolute atomic E-state index is 0.107. The van der Waals surface area contributed by atoms with Crippen LogP contribution in [0.2, 0.25) is 0 Å². The van der Waals surface area contributed by atoms with E-state index in [1.54, 1.807) is 13.8 Å². The van der Waals surface area contributed by atoms with E-state index in [1.807, 2.05) is 32.0 Å². The van der Waals surface area contributed by atoms with Crippen molar-refractivity contribution in [2.24, 2.45) is 0 Å². The molecule has 30 heavy (non-hydrogen) atoms. The highest BCUT2D eigenvalue weighted by Gasteiger charge is 2.31. The third kappa shape index (κ3) is 4.37. The zero-order valence-electron chi connectivity index (χ0n) is 17.3. The fourth-order valence-corrected chi connectivity index (χ4v) is 3.38. The molecule has 0 unspecified atom stereocenters. The second-order valence-corrected chi connectivity index (χ2v) is 7.15. The van der Waals surface area contributed by atoms with E-state index in [2.05, 4.69) is 15.4 Å². The van der Waals surface area contributed by atoms with Gasteiger partial charge in [0.25, 0.3) is 0 Å². The van der Waals surface area contributed by atoms with Gasteiger partial charge in [-0.15, -0.1) is 0 Å². The molecule has 0 saturated carbocycles. The number of hydrogen-bond donors (Lipinski definition) is 1. The lowest BCUT2D eigenvalue weighted by Gasteiger charge is -2.13. The molecule has 2 aromatic heterocycles. The van der Waals surface area contributed by atoms with E-state index in [9.17, 15) is 18.0 Å². The molecular formula is C22H23F3N4O. The number of benzene rings is 1. The van der Waals surface area contributed by atoms with Gasteiger partial charge in [-0.05, 0) is 50.5 Å². The molecule has 0 bridgehead atoms. The van der Waals surface area contributed by atoms with Gasteiger partial charge in [0.05, 0.1) is 17.7 Å². The second-order valence-electron chi connectivity index (χ2n) is 7.15. The first kappa shape index (κ1) is 21.5. The molecule has 1 N–H and O–H groups in total. The van der Waals surface area contributed by atoms with E-state index in [0.717, 1.165) is 41.1 Å². The number of nitrogens with zero attached hydrogens (tertiary/aromatic N) is 3. The summed E-state index contributed by atoms with van der Waals surface area (Å²) in [4.78, 5) is 16.6. The first-order valence-electron chi connectivity index (χ1n) is 9.58. The average molecular weight is 416 g/mol. The van der Waals surface area contributed by atoms with Crippen LogP contribution in [-0.2, 0) is 23.8 Å². The monoisotopic (exact) mass is 416 g/mol. The van der Waals surface area contributed by atoms with Crippen LogP contribution in [0.1, 0.15) is 40.6 Å². The van der Waals surface area contributed by atoms with E-state index in [4.69, 9.17) is 0 Å². The number of anilines is 1. The van der Waals surface area contributed by atoms with Gasteiger partial charge in [0.2, 0.25) is 5.91 Å². The third-order valence-electron chi connectivity index (χ3n) is 5.08. The van der Waals surface area contributed by atoms with Crippen molar-refractivity contribution in [3.63, 3.8) is 0 Å². The summed E-state index contributed by atoms with van der Waals surface area (Å²) in [5, 5.41) is 7.37. The highest BCUT2D eigenvalue weighted by Crippen LogP contribution is 2.29. The number of pyridine rings is 1. The Balaban J connectivity index is 1.83. The Labute approximate surface area is 173 Å². The van der Waals surface area contributed by atoms with Gasteiger partial charge in [0, 0.05) is 23.1 Å².